The van der Waals surface area contributed by atoms with Crippen LogP contribution in [-0.4, -0.2) is 32.2 Å². The molecule has 0 spiro atoms. The fourth-order valence-electron chi connectivity index (χ4n) is 2.74. The van der Waals surface area contributed by atoms with Gasteiger partial charge in [0.15, 0.2) is 15.0 Å². The van der Waals surface area contributed by atoms with E-state index in [9.17, 15) is 22.0 Å². The first kappa shape index (κ1) is 21.8. The highest BCUT2D eigenvalue weighted by molar-refractivity contribution is 7.89. The predicted molar refractivity (Wildman–Crippen MR) is 112 cm³/mol. The third-order valence-corrected chi connectivity index (χ3v) is 5.76. The fraction of sp³-hybridized carbons (Fsp3) is 0.200. The number of rotatable bonds is 7. The second-order valence-corrected chi connectivity index (χ2v) is 9.89. The van der Waals surface area contributed by atoms with Gasteiger partial charge in [0.25, 0.3) is 5.91 Å². The van der Waals surface area contributed by atoms with Crippen molar-refractivity contribution in [3.05, 3.63) is 64.5 Å². The molecule has 3 aromatic rings. The van der Waals surface area contributed by atoms with Crippen LogP contribution in [0, 0.1) is 6.92 Å². The number of carbonyl (C=O) groups is 1. The molecule has 0 atom stereocenters. The molecule has 0 aliphatic heterocycles. The van der Waals surface area contributed by atoms with Gasteiger partial charge in [-0.2, -0.15) is 8.78 Å². The molecule has 6 nitrogen and oxygen atoms in total. The van der Waals surface area contributed by atoms with Crippen molar-refractivity contribution < 1.29 is 26.7 Å². The fourth-order valence-corrected chi connectivity index (χ4v) is 4.37. The highest BCUT2D eigenvalue weighted by atomic mass is 32.2. The highest BCUT2D eigenvalue weighted by Crippen LogP contribution is 2.31. The quantitative estimate of drug-likeness (QED) is 0.570. The molecule has 10 heteroatoms. The average molecular weight is 453 g/mol. The third kappa shape index (κ3) is 5.83. The van der Waals surface area contributed by atoms with E-state index < -0.39 is 16.4 Å². The van der Waals surface area contributed by atoms with E-state index in [0.717, 1.165) is 11.1 Å². The van der Waals surface area contributed by atoms with Crippen molar-refractivity contribution in [3.63, 3.8) is 0 Å². The minimum atomic E-state index is -3.15. The van der Waals surface area contributed by atoms with E-state index in [4.69, 9.17) is 0 Å². The number of ether oxygens (including phenoxy) is 1. The van der Waals surface area contributed by atoms with E-state index >= 15 is 0 Å². The molecular weight excluding hydrogens is 434 g/mol. The number of aryl methyl sites for hydroxylation is 1. The summed E-state index contributed by atoms with van der Waals surface area (Å²) < 4.78 is 51.6. The third-order valence-electron chi connectivity index (χ3n) is 4.01. The van der Waals surface area contributed by atoms with Gasteiger partial charge in [0, 0.05) is 22.3 Å². The number of alkyl halides is 2. The van der Waals surface area contributed by atoms with Crippen LogP contribution < -0.4 is 10.1 Å². The average Bonchev–Trinajstić information content (AvgIpc) is 3.01. The molecule has 0 saturated heterocycles. The number of anilines is 1. The Morgan fingerprint density at radius 3 is 2.33 bits per heavy atom. The molecule has 0 radical (unpaired) electrons. The minimum Gasteiger partial charge on any atom is -0.435 e. The van der Waals surface area contributed by atoms with E-state index in [-0.39, 0.29) is 17.4 Å². The maximum absolute atomic E-state index is 12.5. The molecule has 1 heterocycles. The Balaban J connectivity index is 1.71. The summed E-state index contributed by atoms with van der Waals surface area (Å²) in [6.45, 7) is -1.05. The van der Waals surface area contributed by atoms with Gasteiger partial charge in [0.1, 0.15) is 5.75 Å². The van der Waals surface area contributed by atoms with Gasteiger partial charge in [-0.15, -0.1) is 11.3 Å². The van der Waals surface area contributed by atoms with Gasteiger partial charge in [-0.1, -0.05) is 12.1 Å². The van der Waals surface area contributed by atoms with Crippen LogP contribution >= 0.6 is 11.3 Å². The van der Waals surface area contributed by atoms with Crippen molar-refractivity contribution in [1.82, 2.24) is 4.98 Å². The van der Waals surface area contributed by atoms with Gasteiger partial charge in [-0.25, -0.2) is 13.4 Å². The zero-order valence-corrected chi connectivity index (χ0v) is 17.7. The number of halogens is 2. The lowest BCUT2D eigenvalue weighted by atomic mass is 10.1. The summed E-state index contributed by atoms with van der Waals surface area (Å²) in [5.41, 5.74) is 2.30. The molecule has 158 valence electrons. The summed E-state index contributed by atoms with van der Waals surface area (Å²) >= 11 is 1.28. The second kappa shape index (κ2) is 8.88. The smallest absolute Gasteiger partial charge is 0.387 e. The van der Waals surface area contributed by atoms with E-state index in [2.05, 4.69) is 15.0 Å². The molecule has 1 aromatic heterocycles. The summed E-state index contributed by atoms with van der Waals surface area (Å²) in [6, 6.07) is 12.4. The largest absolute Gasteiger partial charge is 0.435 e. The molecule has 0 aliphatic rings. The molecular formula is C20H18F2N2O4S2. The first-order valence-electron chi connectivity index (χ1n) is 8.71. The lowest BCUT2D eigenvalue weighted by Gasteiger charge is -2.05. The lowest BCUT2D eigenvalue weighted by molar-refractivity contribution is -0.0498. The number of benzene rings is 2. The van der Waals surface area contributed by atoms with Crippen LogP contribution in [0.4, 0.5) is 13.9 Å². The number of thiazole rings is 1. The van der Waals surface area contributed by atoms with Gasteiger partial charge >= 0.3 is 6.61 Å². The summed E-state index contributed by atoms with van der Waals surface area (Å²) in [6.07, 6.45) is 1.15. The van der Waals surface area contributed by atoms with Crippen molar-refractivity contribution in [2.45, 2.75) is 19.3 Å². The number of aromatic nitrogens is 1. The number of nitrogens with one attached hydrogen (secondary N) is 1. The SMILES string of the molecule is Cc1sc(NC(=O)c2ccc(CS(C)(=O)=O)cc2)nc1-c1ccc(OC(F)F)cc1. The Labute approximate surface area is 176 Å². The van der Waals surface area contributed by atoms with Crippen LogP contribution in [0.1, 0.15) is 20.8 Å². The molecule has 30 heavy (non-hydrogen) atoms. The van der Waals surface area contributed by atoms with E-state index in [1.807, 2.05) is 6.92 Å². The van der Waals surface area contributed by atoms with Crippen molar-refractivity contribution in [2.75, 3.05) is 11.6 Å². The van der Waals surface area contributed by atoms with Gasteiger partial charge in [0.2, 0.25) is 0 Å². The van der Waals surface area contributed by atoms with Crippen LogP contribution in [0.15, 0.2) is 48.5 Å². The molecule has 0 aliphatic carbocycles. The van der Waals surface area contributed by atoms with Gasteiger partial charge < -0.3 is 4.74 Å². The molecule has 0 bridgehead atoms. The molecule has 3 rings (SSSR count). The second-order valence-electron chi connectivity index (χ2n) is 6.55. The Bertz CT molecular complexity index is 1140. The van der Waals surface area contributed by atoms with Crippen molar-refractivity contribution in [3.8, 4) is 17.0 Å². The molecule has 2 aromatic carbocycles. The van der Waals surface area contributed by atoms with Crippen molar-refractivity contribution >= 4 is 32.2 Å². The first-order chi connectivity index (χ1) is 14.1. The molecule has 1 amide bonds. The number of carbonyl (C=O) groups excluding carboxylic acids is 1. The molecule has 0 unspecified atom stereocenters. The Kier molecular flexibility index (Phi) is 6.47. The van der Waals surface area contributed by atoms with E-state index in [1.165, 1.54) is 23.5 Å². The number of hydrogen-bond donors (Lipinski definition) is 1. The van der Waals surface area contributed by atoms with Crippen LogP contribution in [-0.2, 0) is 15.6 Å². The topological polar surface area (TPSA) is 85.4 Å². The zero-order valence-electron chi connectivity index (χ0n) is 16.1. The number of amides is 1. The van der Waals surface area contributed by atoms with Crippen molar-refractivity contribution in [1.29, 1.82) is 0 Å². The highest BCUT2D eigenvalue weighted by Gasteiger charge is 2.14. The van der Waals surface area contributed by atoms with Gasteiger partial charge in [0.05, 0.1) is 11.4 Å². The van der Waals surface area contributed by atoms with E-state index in [1.54, 1.807) is 36.4 Å². The van der Waals surface area contributed by atoms with Crippen LogP contribution in [0.2, 0.25) is 0 Å². The summed E-state index contributed by atoms with van der Waals surface area (Å²) in [4.78, 5) is 17.7. The maximum atomic E-state index is 12.5. The lowest BCUT2D eigenvalue weighted by Crippen LogP contribution is -2.11. The van der Waals surface area contributed by atoms with E-state index in [0.29, 0.717) is 27.5 Å². The Morgan fingerprint density at radius 2 is 1.77 bits per heavy atom. The van der Waals surface area contributed by atoms with Crippen LogP contribution in [0.3, 0.4) is 0 Å². The number of nitrogens with zero attached hydrogens (tertiary/aromatic N) is 1. The molecule has 0 saturated carbocycles. The summed E-state index contributed by atoms with van der Waals surface area (Å²) in [7, 11) is -3.15. The standard InChI is InChI=1S/C20H18F2N2O4S2/c1-12-17(14-7-9-16(10-8-14)28-19(21)22)23-20(29-12)24-18(25)15-5-3-13(4-6-15)11-30(2,26)27/h3-10,19H,11H2,1-2H3,(H,23,24,25). The van der Waals surface area contributed by atoms with Gasteiger partial charge in [-0.3, -0.25) is 10.1 Å². The maximum Gasteiger partial charge on any atom is 0.387 e. The van der Waals surface area contributed by atoms with Crippen molar-refractivity contribution in [2.24, 2.45) is 0 Å². The summed E-state index contributed by atoms with van der Waals surface area (Å²) in [5, 5.41) is 3.11. The predicted octanol–water partition coefficient (Wildman–Crippen LogP) is 4.52. The molecule has 1 N–H and O–H groups in total. The van der Waals surface area contributed by atoms with Crippen LogP contribution in [0.5, 0.6) is 5.75 Å². The Morgan fingerprint density at radius 1 is 1.13 bits per heavy atom. The monoisotopic (exact) mass is 452 g/mol. The Hall–Kier alpha value is -2.85. The number of hydrogen-bond acceptors (Lipinski definition) is 6. The zero-order chi connectivity index (χ0) is 21.9. The first-order valence-corrected chi connectivity index (χ1v) is 11.6. The van der Waals surface area contributed by atoms with Gasteiger partial charge in [-0.05, 0) is 48.9 Å². The summed E-state index contributed by atoms with van der Waals surface area (Å²) in [5.74, 6) is -0.415. The molecule has 0 fully saturated rings. The van der Waals surface area contributed by atoms with Crippen LogP contribution in [0.25, 0.3) is 11.3 Å². The normalized spacial score (nSPS) is 11.5. The minimum absolute atomic E-state index is 0.0504. The number of sulfone groups is 1.